The number of aliphatic hydroxyl groups is 1. The molecule has 1 aromatic heterocycles. The minimum Gasteiger partial charge on any atom is -0.394 e. The number of nitrogens with one attached hydrogen (secondary N) is 1. The van der Waals surface area contributed by atoms with Crippen LogP contribution in [-0.4, -0.2) is 49.5 Å². The first-order chi connectivity index (χ1) is 8.36. The van der Waals surface area contributed by atoms with Gasteiger partial charge in [-0.05, 0) is 13.1 Å². The second-order valence-corrected chi connectivity index (χ2v) is 4.12. The van der Waals surface area contributed by atoms with Gasteiger partial charge in [0.15, 0.2) is 0 Å². The van der Waals surface area contributed by atoms with E-state index in [-0.39, 0.29) is 12.6 Å². The van der Waals surface area contributed by atoms with Crippen LogP contribution in [0.15, 0.2) is 18.3 Å². The van der Waals surface area contributed by atoms with Crippen molar-refractivity contribution in [2.24, 2.45) is 0 Å². The predicted octanol–water partition coefficient (Wildman–Crippen LogP) is -0.00150. The normalized spacial score (nSPS) is 20.6. The van der Waals surface area contributed by atoms with E-state index in [0.29, 0.717) is 13.2 Å². The van der Waals surface area contributed by atoms with E-state index in [4.69, 9.17) is 4.74 Å². The first-order valence-electron chi connectivity index (χ1n) is 5.90. The summed E-state index contributed by atoms with van der Waals surface area (Å²) in [4.78, 5) is 6.57. The zero-order chi connectivity index (χ0) is 12.1. The lowest BCUT2D eigenvalue weighted by molar-refractivity contribution is 0.0722. The Bertz CT molecular complexity index is 359. The van der Waals surface area contributed by atoms with Crippen LogP contribution in [0, 0.1) is 0 Å². The van der Waals surface area contributed by atoms with Crippen molar-refractivity contribution in [2.45, 2.75) is 12.6 Å². The second kappa shape index (κ2) is 5.95. The van der Waals surface area contributed by atoms with Crippen molar-refractivity contribution in [3.05, 3.63) is 23.9 Å². The molecule has 0 bridgehead atoms. The third kappa shape index (κ3) is 2.74. The fraction of sp³-hybridized carbons (Fsp3) is 0.583. The van der Waals surface area contributed by atoms with Gasteiger partial charge in [0.05, 0.1) is 25.9 Å². The van der Waals surface area contributed by atoms with Crippen molar-refractivity contribution in [3.63, 3.8) is 0 Å². The lowest BCUT2D eigenvalue weighted by Crippen LogP contribution is -2.48. The topological polar surface area (TPSA) is 57.6 Å². The Hall–Kier alpha value is -1.17. The molecule has 5 nitrogen and oxygen atoms in total. The smallest absolute Gasteiger partial charge is 0.133 e. The minimum atomic E-state index is 0.00857. The number of anilines is 1. The van der Waals surface area contributed by atoms with Gasteiger partial charge in [0.2, 0.25) is 0 Å². The molecule has 17 heavy (non-hydrogen) atoms. The number of morpholine rings is 1. The fourth-order valence-corrected chi connectivity index (χ4v) is 2.10. The van der Waals surface area contributed by atoms with E-state index in [2.05, 4.69) is 21.3 Å². The highest BCUT2D eigenvalue weighted by molar-refractivity contribution is 5.48. The molecule has 1 aliphatic rings. The summed E-state index contributed by atoms with van der Waals surface area (Å²) in [6.45, 7) is 2.89. The summed E-state index contributed by atoms with van der Waals surface area (Å²) in [7, 11) is 1.92. The molecule has 0 spiro atoms. The third-order valence-corrected chi connectivity index (χ3v) is 2.95. The Balaban J connectivity index is 2.24. The molecule has 0 saturated carbocycles. The third-order valence-electron chi connectivity index (χ3n) is 2.95. The summed E-state index contributed by atoms with van der Waals surface area (Å²) in [6, 6.07) is 4.00. The zero-order valence-electron chi connectivity index (χ0n) is 10.1. The van der Waals surface area contributed by atoms with Crippen LogP contribution in [0.25, 0.3) is 0 Å². The summed E-state index contributed by atoms with van der Waals surface area (Å²) in [5, 5.41) is 12.5. The number of aliphatic hydroxyl groups excluding tert-OH is 1. The van der Waals surface area contributed by atoms with Crippen LogP contribution in [0.1, 0.15) is 5.56 Å². The van der Waals surface area contributed by atoms with E-state index in [0.717, 1.165) is 24.5 Å². The van der Waals surface area contributed by atoms with Crippen molar-refractivity contribution < 1.29 is 9.84 Å². The molecule has 0 aromatic carbocycles. The average Bonchev–Trinajstić information content (AvgIpc) is 2.40. The lowest BCUT2D eigenvalue weighted by Gasteiger charge is -2.36. The minimum absolute atomic E-state index is 0.00857. The summed E-state index contributed by atoms with van der Waals surface area (Å²) >= 11 is 0. The summed E-state index contributed by atoms with van der Waals surface area (Å²) in [5.74, 6) is 0.948. The van der Waals surface area contributed by atoms with Gasteiger partial charge in [-0.15, -0.1) is 0 Å². The van der Waals surface area contributed by atoms with Crippen molar-refractivity contribution >= 4 is 5.82 Å². The highest BCUT2D eigenvalue weighted by Crippen LogP contribution is 2.21. The van der Waals surface area contributed by atoms with Crippen molar-refractivity contribution in [2.75, 3.05) is 38.3 Å². The van der Waals surface area contributed by atoms with E-state index in [9.17, 15) is 5.11 Å². The van der Waals surface area contributed by atoms with Crippen LogP contribution in [0.3, 0.4) is 0 Å². The summed E-state index contributed by atoms with van der Waals surface area (Å²) in [6.07, 6.45) is 1.79. The van der Waals surface area contributed by atoms with Crippen LogP contribution in [0.4, 0.5) is 5.82 Å². The van der Waals surface area contributed by atoms with E-state index < -0.39 is 0 Å². The summed E-state index contributed by atoms with van der Waals surface area (Å²) < 4.78 is 5.38. The molecule has 1 aliphatic heterocycles. The van der Waals surface area contributed by atoms with Crippen LogP contribution >= 0.6 is 0 Å². The van der Waals surface area contributed by atoms with Gasteiger partial charge in [0.1, 0.15) is 5.82 Å². The molecule has 1 saturated heterocycles. The molecule has 1 aromatic rings. The first-order valence-corrected chi connectivity index (χ1v) is 5.90. The SMILES string of the molecule is CNCc1cccnc1N1CCOCC1CO. The molecule has 1 atom stereocenters. The van der Waals surface area contributed by atoms with Crippen LogP contribution in [0.2, 0.25) is 0 Å². The Morgan fingerprint density at radius 2 is 2.53 bits per heavy atom. The number of nitrogens with zero attached hydrogens (tertiary/aromatic N) is 2. The first kappa shape index (κ1) is 12.3. The Morgan fingerprint density at radius 1 is 1.65 bits per heavy atom. The molecule has 1 fully saturated rings. The number of aromatic nitrogens is 1. The fourth-order valence-electron chi connectivity index (χ4n) is 2.10. The highest BCUT2D eigenvalue weighted by atomic mass is 16.5. The molecular formula is C12H19N3O2. The van der Waals surface area contributed by atoms with Gasteiger partial charge in [-0.25, -0.2) is 4.98 Å². The molecule has 2 rings (SSSR count). The number of hydrogen-bond acceptors (Lipinski definition) is 5. The van der Waals surface area contributed by atoms with E-state index >= 15 is 0 Å². The zero-order valence-corrected chi connectivity index (χ0v) is 10.1. The predicted molar refractivity (Wildman–Crippen MR) is 66.0 cm³/mol. The van der Waals surface area contributed by atoms with Crippen molar-refractivity contribution in [3.8, 4) is 0 Å². The Labute approximate surface area is 101 Å². The number of ether oxygens (including phenoxy) is 1. The largest absolute Gasteiger partial charge is 0.394 e. The quantitative estimate of drug-likeness (QED) is 0.772. The summed E-state index contributed by atoms with van der Waals surface area (Å²) in [5.41, 5.74) is 1.15. The van der Waals surface area contributed by atoms with E-state index in [1.165, 1.54) is 0 Å². The molecule has 0 aliphatic carbocycles. The second-order valence-electron chi connectivity index (χ2n) is 4.12. The van der Waals surface area contributed by atoms with E-state index in [1.54, 1.807) is 6.20 Å². The standard InChI is InChI=1S/C12H19N3O2/c1-13-7-10-3-2-4-14-12(10)15-5-6-17-9-11(15)8-16/h2-4,11,13,16H,5-9H2,1H3. The number of hydrogen-bond donors (Lipinski definition) is 2. The van der Waals surface area contributed by atoms with E-state index in [1.807, 2.05) is 13.1 Å². The molecule has 2 N–H and O–H groups in total. The van der Waals surface area contributed by atoms with Gasteiger partial charge < -0.3 is 20.1 Å². The van der Waals surface area contributed by atoms with Gasteiger partial charge in [-0.1, -0.05) is 6.07 Å². The molecule has 94 valence electrons. The molecule has 1 unspecified atom stereocenters. The molecule has 0 radical (unpaired) electrons. The van der Waals surface area contributed by atoms with Gasteiger partial charge in [0.25, 0.3) is 0 Å². The Kier molecular flexibility index (Phi) is 4.30. The maximum atomic E-state index is 9.38. The molecule has 0 amide bonds. The lowest BCUT2D eigenvalue weighted by atomic mass is 10.2. The number of pyridine rings is 1. The van der Waals surface area contributed by atoms with Crippen LogP contribution < -0.4 is 10.2 Å². The maximum absolute atomic E-state index is 9.38. The van der Waals surface area contributed by atoms with Crippen molar-refractivity contribution in [1.29, 1.82) is 0 Å². The maximum Gasteiger partial charge on any atom is 0.133 e. The molecule has 2 heterocycles. The Morgan fingerprint density at radius 3 is 3.29 bits per heavy atom. The van der Waals surface area contributed by atoms with Gasteiger partial charge >= 0.3 is 0 Å². The average molecular weight is 237 g/mol. The molecule has 5 heteroatoms. The van der Waals surface area contributed by atoms with Crippen molar-refractivity contribution in [1.82, 2.24) is 10.3 Å². The van der Waals surface area contributed by atoms with Gasteiger partial charge in [-0.2, -0.15) is 0 Å². The monoisotopic (exact) mass is 237 g/mol. The molecular weight excluding hydrogens is 218 g/mol. The van der Waals surface area contributed by atoms with Crippen LogP contribution in [-0.2, 0) is 11.3 Å². The highest BCUT2D eigenvalue weighted by Gasteiger charge is 2.24. The van der Waals surface area contributed by atoms with Gasteiger partial charge in [0, 0.05) is 24.8 Å². The van der Waals surface area contributed by atoms with Gasteiger partial charge in [-0.3, -0.25) is 0 Å². The van der Waals surface area contributed by atoms with Crippen LogP contribution in [0.5, 0.6) is 0 Å². The number of rotatable bonds is 4.